The van der Waals surface area contributed by atoms with E-state index in [9.17, 15) is 5.11 Å². The van der Waals surface area contributed by atoms with Crippen LogP contribution in [0.3, 0.4) is 0 Å². The lowest BCUT2D eigenvalue weighted by atomic mass is 10.2. The Morgan fingerprint density at radius 2 is 1.74 bits per heavy atom. The number of hydrogen-bond acceptors (Lipinski definition) is 5. The molecule has 0 saturated carbocycles. The number of β-amino-alcohol motifs (C(OH)–C–C–N with tert-alkyl or cyclic N) is 1. The van der Waals surface area contributed by atoms with E-state index in [4.69, 9.17) is 0 Å². The first-order valence-electron chi connectivity index (χ1n) is 6.94. The van der Waals surface area contributed by atoms with E-state index in [0.717, 1.165) is 50.1 Å². The van der Waals surface area contributed by atoms with Crippen molar-refractivity contribution in [3.8, 4) is 0 Å². The Bertz CT molecular complexity index is 439. The van der Waals surface area contributed by atoms with Crippen molar-refractivity contribution in [2.75, 3.05) is 37.6 Å². The monoisotopic (exact) mass is 264 g/mol. The SMILES string of the molecule is Cc1nc(C)c(C)c(N2CCN(C[C@@H](C)O)CC2)n1. The van der Waals surface area contributed by atoms with Crippen molar-refractivity contribution in [2.24, 2.45) is 0 Å². The van der Waals surface area contributed by atoms with Crippen LogP contribution in [0.2, 0.25) is 0 Å². The molecule has 2 rings (SSSR count). The molecule has 5 nitrogen and oxygen atoms in total. The molecule has 1 fully saturated rings. The molecule has 1 atom stereocenters. The Hall–Kier alpha value is -1.20. The van der Waals surface area contributed by atoms with Gasteiger partial charge in [-0.05, 0) is 27.7 Å². The second kappa shape index (κ2) is 5.84. The highest BCUT2D eigenvalue weighted by Gasteiger charge is 2.21. The molecule has 1 aliphatic heterocycles. The highest BCUT2D eigenvalue weighted by atomic mass is 16.3. The van der Waals surface area contributed by atoms with Crippen LogP contribution in [0.1, 0.15) is 24.0 Å². The Morgan fingerprint density at radius 1 is 1.11 bits per heavy atom. The van der Waals surface area contributed by atoms with E-state index >= 15 is 0 Å². The zero-order valence-corrected chi connectivity index (χ0v) is 12.3. The topological polar surface area (TPSA) is 52.5 Å². The second-order valence-corrected chi connectivity index (χ2v) is 5.44. The van der Waals surface area contributed by atoms with Crippen molar-refractivity contribution in [2.45, 2.75) is 33.8 Å². The van der Waals surface area contributed by atoms with E-state index in [-0.39, 0.29) is 6.10 Å². The fourth-order valence-corrected chi connectivity index (χ4v) is 2.57. The highest BCUT2D eigenvalue weighted by Crippen LogP contribution is 2.20. The summed E-state index contributed by atoms with van der Waals surface area (Å²) in [5.41, 5.74) is 2.24. The Balaban J connectivity index is 2.05. The average Bonchev–Trinajstić information content (AvgIpc) is 2.34. The van der Waals surface area contributed by atoms with Crippen molar-refractivity contribution < 1.29 is 5.11 Å². The lowest BCUT2D eigenvalue weighted by molar-refractivity contribution is 0.122. The molecule has 0 spiro atoms. The molecular weight excluding hydrogens is 240 g/mol. The van der Waals surface area contributed by atoms with Gasteiger partial charge in [-0.25, -0.2) is 9.97 Å². The number of aromatic nitrogens is 2. The van der Waals surface area contributed by atoms with Crippen LogP contribution in [0.4, 0.5) is 5.82 Å². The molecule has 1 N–H and O–H groups in total. The molecule has 1 aromatic heterocycles. The fraction of sp³-hybridized carbons (Fsp3) is 0.714. The summed E-state index contributed by atoms with van der Waals surface area (Å²) in [6.07, 6.45) is -0.253. The molecule has 0 amide bonds. The quantitative estimate of drug-likeness (QED) is 0.879. The van der Waals surface area contributed by atoms with Gasteiger partial charge in [-0.1, -0.05) is 0 Å². The first-order valence-corrected chi connectivity index (χ1v) is 6.94. The maximum atomic E-state index is 9.43. The Kier molecular flexibility index (Phi) is 4.37. The van der Waals surface area contributed by atoms with Gasteiger partial charge in [-0.15, -0.1) is 0 Å². The Morgan fingerprint density at radius 3 is 2.32 bits per heavy atom. The van der Waals surface area contributed by atoms with Gasteiger partial charge in [0.15, 0.2) is 0 Å². The van der Waals surface area contributed by atoms with E-state index in [0.29, 0.717) is 0 Å². The van der Waals surface area contributed by atoms with E-state index in [1.807, 2.05) is 20.8 Å². The van der Waals surface area contributed by atoms with Crippen LogP contribution >= 0.6 is 0 Å². The predicted molar refractivity (Wildman–Crippen MR) is 76.6 cm³/mol. The second-order valence-electron chi connectivity index (χ2n) is 5.44. The molecule has 1 saturated heterocycles. The number of hydrogen-bond donors (Lipinski definition) is 1. The van der Waals surface area contributed by atoms with Crippen molar-refractivity contribution >= 4 is 5.82 Å². The lowest BCUT2D eigenvalue weighted by Crippen LogP contribution is -2.48. The van der Waals surface area contributed by atoms with Crippen LogP contribution in [0, 0.1) is 20.8 Å². The summed E-state index contributed by atoms with van der Waals surface area (Å²) in [6.45, 7) is 12.6. The van der Waals surface area contributed by atoms with Gasteiger partial charge in [0.05, 0.1) is 6.10 Å². The standard InChI is InChI=1S/C14H24N4O/c1-10(19)9-17-5-7-18(8-6-17)14-11(2)12(3)15-13(4)16-14/h10,19H,5-9H2,1-4H3/t10-/m1/s1. The number of anilines is 1. The highest BCUT2D eigenvalue weighted by molar-refractivity contribution is 5.48. The summed E-state index contributed by atoms with van der Waals surface area (Å²) >= 11 is 0. The first kappa shape index (κ1) is 14.2. The molecule has 1 aromatic rings. The van der Waals surface area contributed by atoms with Crippen molar-refractivity contribution in [1.82, 2.24) is 14.9 Å². The molecule has 0 unspecified atom stereocenters. The number of rotatable bonds is 3. The van der Waals surface area contributed by atoms with Crippen LogP contribution in [-0.4, -0.2) is 58.8 Å². The van der Waals surface area contributed by atoms with Gasteiger partial charge in [0.25, 0.3) is 0 Å². The fourth-order valence-electron chi connectivity index (χ4n) is 2.57. The minimum absolute atomic E-state index is 0.253. The Labute approximate surface area is 115 Å². The summed E-state index contributed by atoms with van der Waals surface area (Å²) in [4.78, 5) is 13.6. The van der Waals surface area contributed by atoms with E-state index in [1.54, 1.807) is 0 Å². The van der Waals surface area contributed by atoms with Crippen molar-refractivity contribution in [3.63, 3.8) is 0 Å². The molecule has 2 heterocycles. The van der Waals surface area contributed by atoms with Gasteiger partial charge in [0, 0.05) is 44.0 Å². The number of aliphatic hydroxyl groups is 1. The third-order valence-corrected chi connectivity index (χ3v) is 3.67. The number of piperazine rings is 1. The largest absolute Gasteiger partial charge is 0.392 e. The molecule has 5 heteroatoms. The maximum absolute atomic E-state index is 9.43. The summed E-state index contributed by atoms with van der Waals surface area (Å²) in [5.74, 6) is 1.91. The maximum Gasteiger partial charge on any atom is 0.135 e. The molecule has 0 aliphatic carbocycles. The molecule has 0 aromatic carbocycles. The summed E-state index contributed by atoms with van der Waals surface area (Å²) in [6, 6.07) is 0. The zero-order valence-electron chi connectivity index (χ0n) is 12.3. The molecule has 0 radical (unpaired) electrons. The molecule has 106 valence electrons. The summed E-state index contributed by atoms with van der Waals surface area (Å²) < 4.78 is 0. The summed E-state index contributed by atoms with van der Waals surface area (Å²) in [5, 5.41) is 9.43. The van der Waals surface area contributed by atoms with Crippen LogP contribution < -0.4 is 4.90 Å². The van der Waals surface area contributed by atoms with E-state index in [1.165, 1.54) is 5.56 Å². The molecule has 1 aliphatic rings. The number of aryl methyl sites for hydroxylation is 2. The minimum atomic E-state index is -0.253. The molecule has 19 heavy (non-hydrogen) atoms. The van der Waals surface area contributed by atoms with E-state index in [2.05, 4.69) is 26.7 Å². The van der Waals surface area contributed by atoms with Crippen LogP contribution in [0.15, 0.2) is 0 Å². The van der Waals surface area contributed by atoms with Gasteiger partial charge in [-0.3, -0.25) is 4.90 Å². The van der Waals surface area contributed by atoms with Crippen molar-refractivity contribution in [3.05, 3.63) is 17.1 Å². The average molecular weight is 264 g/mol. The predicted octanol–water partition coefficient (Wildman–Crippen LogP) is 0.905. The number of aliphatic hydroxyl groups excluding tert-OH is 1. The summed E-state index contributed by atoms with van der Waals surface area (Å²) in [7, 11) is 0. The van der Waals surface area contributed by atoms with Crippen LogP contribution in [0.5, 0.6) is 0 Å². The van der Waals surface area contributed by atoms with Gasteiger partial charge in [-0.2, -0.15) is 0 Å². The van der Waals surface area contributed by atoms with Gasteiger partial charge in [0.2, 0.25) is 0 Å². The lowest BCUT2D eigenvalue weighted by Gasteiger charge is -2.36. The third-order valence-electron chi connectivity index (χ3n) is 3.67. The minimum Gasteiger partial charge on any atom is -0.392 e. The van der Waals surface area contributed by atoms with Gasteiger partial charge in [0.1, 0.15) is 11.6 Å². The van der Waals surface area contributed by atoms with Gasteiger partial charge >= 0.3 is 0 Å². The third kappa shape index (κ3) is 3.42. The number of nitrogens with zero attached hydrogens (tertiary/aromatic N) is 4. The molecular formula is C14H24N4O. The van der Waals surface area contributed by atoms with E-state index < -0.39 is 0 Å². The smallest absolute Gasteiger partial charge is 0.135 e. The van der Waals surface area contributed by atoms with Crippen LogP contribution in [-0.2, 0) is 0 Å². The first-order chi connectivity index (χ1) is 8.97. The molecule has 0 bridgehead atoms. The van der Waals surface area contributed by atoms with Crippen LogP contribution in [0.25, 0.3) is 0 Å². The normalized spacial score (nSPS) is 18.7. The zero-order chi connectivity index (χ0) is 14.0. The van der Waals surface area contributed by atoms with Crippen molar-refractivity contribution in [1.29, 1.82) is 0 Å². The van der Waals surface area contributed by atoms with Gasteiger partial charge < -0.3 is 10.0 Å².